The molecule has 0 spiro atoms. The maximum absolute atomic E-state index is 13.8. The van der Waals surface area contributed by atoms with E-state index < -0.39 is 29.9 Å². The van der Waals surface area contributed by atoms with Gasteiger partial charge in [-0.2, -0.15) is 0 Å². The minimum atomic E-state index is -0.887. The number of unbranched alkanes of at least 4 members (excludes halogenated alkanes) is 1. The number of aliphatic hydroxyl groups excluding tert-OH is 1. The largest absolute Gasteiger partial charge is 0.508 e. The highest BCUT2D eigenvalue weighted by Gasteiger charge is 2.35. The molecule has 1 fully saturated rings. The summed E-state index contributed by atoms with van der Waals surface area (Å²) >= 11 is 0. The molecule has 0 aliphatic carbocycles. The number of amides is 2. The summed E-state index contributed by atoms with van der Waals surface area (Å²) in [6.07, 6.45) is 3.41. The van der Waals surface area contributed by atoms with Crippen LogP contribution in [0.25, 0.3) is 0 Å². The Kier molecular flexibility index (Phi) is 12.1. The smallest absolute Gasteiger partial charge is 0.328 e. The Hall–Kier alpha value is -3.72. The summed E-state index contributed by atoms with van der Waals surface area (Å²) in [6.45, 7) is 0.441. The predicted molar refractivity (Wildman–Crippen MR) is 149 cm³/mol. The molecule has 3 rings (SSSR count). The summed E-state index contributed by atoms with van der Waals surface area (Å²) in [7, 11) is 1.25. The first kappa shape index (κ1) is 30.8. The van der Waals surface area contributed by atoms with Gasteiger partial charge >= 0.3 is 5.97 Å². The Morgan fingerprint density at radius 1 is 1.02 bits per heavy atom. The van der Waals surface area contributed by atoms with Gasteiger partial charge in [-0.3, -0.25) is 14.4 Å². The molecule has 0 radical (unpaired) electrons. The number of hydrogen-bond donors (Lipinski definition) is 3. The number of aromatic hydroxyl groups is 1. The molecule has 3 N–H and O–H groups in total. The average molecular weight is 553 g/mol. The molecule has 2 aromatic carbocycles. The topological polar surface area (TPSA) is 133 Å². The number of nitrogens with zero attached hydrogens (tertiary/aromatic N) is 1. The lowest BCUT2D eigenvalue weighted by Gasteiger charge is -2.29. The van der Waals surface area contributed by atoms with Gasteiger partial charge in [0.25, 0.3) is 0 Å². The number of hydrogen-bond acceptors (Lipinski definition) is 7. The van der Waals surface area contributed by atoms with Crippen molar-refractivity contribution in [3.05, 3.63) is 65.7 Å². The van der Waals surface area contributed by atoms with Crippen LogP contribution in [0, 0.1) is 5.92 Å². The number of rotatable bonds is 16. The second kappa shape index (κ2) is 15.8. The first-order chi connectivity index (χ1) is 19.3. The Bertz CT molecular complexity index is 1140. The van der Waals surface area contributed by atoms with E-state index in [0.717, 1.165) is 11.1 Å². The SMILES string of the molecule is COC(=O)[C@H](CCCCO)NC(=O)[C@H](CCc1ccccc1)CC(=O)[C@H](Cc1cccc(O)c1)N1CCCC1=O. The number of likely N-dealkylation sites (tertiary alicyclic amines) is 1. The van der Waals surface area contributed by atoms with E-state index >= 15 is 0 Å². The van der Waals surface area contributed by atoms with Crippen LogP contribution >= 0.6 is 0 Å². The third-order valence-corrected chi connectivity index (χ3v) is 7.34. The van der Waals surface area contributed by atoms with Crippen LogP contribution < -0.4 is 5.32 Å². The van der Waals surface area contributed by atoms with E-state index in [2.05, 4.69) is 5.32 Å². The van der Waals surface area contributed by atoms with Gasteiger partial charge in [-0.1, -0.05) is 42.5 Å². The van der Waals surface area contributed by atoms with Crippen molar-refractivity contribution in [3.8, 4) is 5.75 Å². The van der Waals surface area contributed by atoms with Crippen molar-refractivity contribution in [1.29, 1.82) is 0 Å². The van der Waals surface area contributed by atoms with Crippen LogP contribution in [0.5, 0.6) is 5.75 Å². The number of phenols is 1. The van der Waals surface area contributed by atoms with E-state index in [9.17, 15) is 24.3 Å². The molecule has 3 atom stereocenters. The fraction of sp³-hybridized carbons (Fsp3) is 0.484. The molecule has 2 amide bonds. The molecule has 0 aromatic heterocycles. The second-order valence-electron chi connectivity index (χ2n) is 10.3. The van der Waals surface area contributed by atoms with Crippen molar-refractivity contribution in [2.24, 2.45) is 5.92 Å². The molecule has 1 aliphatic heterocycles. The molecular weight excluding hydrogens is 512 g/mol. The number of esters is 1. The summed E-state index contributed by atoms with van der Waals surface area (Å²) in [5.74, 6) is -2.00. The van der Waals surface area contributed by atoms with Crippen LogP contribution in [-0.4, -0.2) is 71.0 Å². The highest BCUT2D eigenvalue weighted by Crippen LogP contribution is 2.24. The van der Waals surface area contributed by atoms with Crippen molar-refractivity contribution in [1.82, 2.24) is 10.2 Å². The molecule has 9 nitrogen and oxygen atoms in total. The van der Waals surface area contributed by atoms with Crippen LogP contribution in [0.1, 0.15) is 56.1 Å². The third kappa shape index (κ3) is 9.19. The van der Waals surface area contributed by atoms with Crippen molar-refractivity contribution >= 4 is 23.6 Å². The molecule has 1 aliphatic rings. The number of ketones is 1. The van der Waals surface area contributed by atoms with Gasteiger partial charge in [0.15, 0.2) is 5.78 Å². The summed E-state index contributed by atoms with van der Waals surface area (Å²) < 4.78 is 4.88. The normalized spacial score (nSPS) is 15.3. The summed E-state index contributed by atoms with van der Waals surface area (Å²) in [5, 5.41) is 21.8. The molecular formula is C31H40N2O7. The van der Waals surface area contributed by atoms with Crippen molar-refractivity contribution in [3.63, 3.8) is 0 Å². The summed E-state index contributed by atoms with van der Waals surface area (Å²) in [4.78, 5) is 54.0. The molecule has 0 unspecified atom stereocenters. The lowest BCUT2D eigenvalue weighted by Crippen LogP contribution is -2.47. The maximum Gasteiger partial charge on any atom is 0.328 e. The van der Waals surface area contributed by atoms with E-state index in [1.807, 2.05) is 30.3 Å². The van der Waals surface area contributed by atoms with Gasteiger partial charge in [0.2, 0.25) is 11.8 Å². The van der Waals surface area contributed by atoms with E-state index in [4.69, 9.17) is 9.84 Å². The van der Waals surface area contributed by atoms with E-state index in [1.54, 1.807) is 29.2 Å². The minimum Gasteiger partial charge on any atom is -0.508 e. The van der Waals surface area contributed by atoms with Gasteiger partial charge in [0.05, 0.1) is 13.2 Å². The van der Waals surface area contributed by atoms with E-state index in [1.165, 1.54) is 7.11 Å². The first-order valence-electron chi connectivity index (χ1n) is 14.0. The van der Waals surface area contributed by atoms with E-state index in [-0.39, 0.29) is 36.9 Å². The van der Waals surface area contributed by atoms with Crippen molar-refractivity contribution in [2.45, 2.75) is 69.9 Å². The number of aliphatic hydroxyl groups is 1. The molecule has 2 aromatic rings. The number of benzene rings is 2. The number of Topliss-reactive ketones (excluding diaryl/α,β-unsaturated/α-hetero) is 1. The minimum absolute atomic E-state index is 0.0220. The number of phenolic OH excluding ortho intramolecular Hbond substituents is 1. The van der Waals surface area contributed by atoms with Crippen LogP contribution in [0.2, 0.25) is 0 Å². The lowest BCUT2D eigenvalue weighted by atomic mass is 9.89. The zero-order valence-electron chi connectivity index (χ0n) is 23.1. The number of methoxy groups -OCH3 is 1. The standard InChI is InChI=1S/C31H40N2O7/c1-40-31(39)26(13-5-6-18-34)32-30(38)24(16-15-22-9-3-2-4-10-22)21-28(36)27(33-17-8-14-29(33)37)20-23-11-7-12-25(35)19-23/h2-4,7,9-12,19,24,26-27,34-35H,5-6,8,13-18,20-21H2,1H3,(H,32,38)/t24-,26+,27+/m1/s1. The highest BCUT2D eigenvalue weighted by atomic mass is 16.5. The van der Waals surface area contributed by atoms with E-state index in [0.29, 0.717) is 51.5 Å². The zero-order valence-corrected chi connectivity index (χ0v) is 23.1. The van der Waals surface area contributed by atoms with Gasteiger partial charge in [0, 0.05) is 38.3 Å². The van der Waals surface area contributed by atoms with Gasteiger partial charge in [-0.15, -0.1) is 0 Å². The molecule has 216 valence electrons. The third-order valence-electron chi connectivity index (χ3n) is 7.34. The monoisotopic (exact) mass is 552 g/mol. The molecule has 0 saturated carbocycles. The van der Waals surface area contributed by atoms with Gasteiger partial charge in [-0.05, 0) is 61.8 Å². The van der Waals surface area contributed by atoms with Crippen molar-refractivity contribution < 1.29 is 34.1 Å². The number of nitrogens with one attached hydrogen (secondary N) is 1. The molecule has 1 saturated heterocycles. The molecule has 1 heterocycles. The van der Waals surface area contributed by atoms with Crippen molar-refractivity contribution in [2.75, 3.05) is 20.3 Å². The Morgan fingerprint density at radius 3 is 2.42 bits per heavy atom. The molecule has 40 heavy (non-hydrogen) atoms. The molecule has 0 bridgehead atoms. The van der Waals surface area contributed by atoms with Crippen LogP contribution in [0.4, 0.5) is 0 Å². The number of carbonyl (C=O) groups excluding carboxylic acids is 4. The fourth-order valence-electron chi connectivity index (χ4n) is 5.13. The number of aryl methyl sites for hydroxylation is 1. The van der Waals surface area contributed by atoms with Crippen LogP contribution in [-0.2, 0) is 36.8 Å². The Morgan fingerprint density at radius 2 is 1.77 bits per heavy atom. The Labute approximate surface area is 235 Å². The highest BCUT2D eigenvalue weighted by molar-refractivity contribution is 5.94. The van der Waals surface area contributed by atoms with Gasteiger partial charge in [-0.25, -0.2) is 4.79 Å². The first-order valence-corrected chi connectivity index (χ1v) is 14.0. The predicted octanol–water partition coefficient (Wildman–Crippen LogP) is 2.95. The average Bonchev–Trinajstić information content (AvgIpc) is 3.38. The van der Waals surface area contributed by atoms with Gasteiger partial charge in [0.1, 0.15) is 11.8 Å². The number of ether oxygens (including phenoxy) is 1. The van der Waals surface area contributed by atoms with Crippen LogP contribution in [0.3, 0.4) is 0 Å². The summed E-state index contributed by atoms with van der Waals surface area (Å²) in [5.41, 5.74) is 1.74. The maximum atomic E-state index is 13.8. The second-order valence-corrected chi connectivity index (χ2v) is 10.3. The quantitative estimate of drug-likeness (QED) is 0.215. The summed E-state index contributed by atoms with van der Waals surface area (Å²) in [6, 6.07) is 14.6. The Balaban J connectivity index is 1.81. The lowest BCUT2D eigenvalue weighted by molar-refractivity contribution is -0.146. The van der Waals surface area contributed by atoms with Gasteiger partial charge < -0.3 is 25.2 Å². The fourth-order valence-corrected chi connectivity index (χ4v) is 5.13. The number of carbonyl (C=O) groups is 4. The van der Waals surface area contributed by atoms with Crippen LogP contribution in [0.15, 0.2) is 54.6 Å². The molecule has 9 heteroatoms. The zero-order chi connectivity index (χ0) is 28.9.